The number of thiazole rings is 1. The summed E-state index contributed by atoms with van der Waals surface area (Å²) in [6, 6.07) is 0.710. The second-order valence-corrected chi connectivity index (χ2v) is 12.2. The molecule has 33 heavy (non-hydrogen) atoms. The molecule has 2 amide bonds. The molecule has 0 atom stereocenters. The summed E-state index contributed by atoms with van der Waals surface area (Å²) < 4.78 is 33.8. The van der Waals surface area contributed by atoms with Crippen LogP contribution < -0.4 is 10.0 Å². The van der Waals surface area contributed by atoms with Gasteiger partial charge in [-0.05, 0) is 47.9 Å². The number of hydrogen-bond donors (Lipinski definition) is 3. The average Bonchev–Trinajstić information content (AvgIpc) is 3.33. The van der Waals surface area contributed by atoms with E-state index in [-0.39, 0.29) is 32.4 Å². The molecule has 11 heteroatoms. The quantitative estimate of drug-likeness (QED) is 0.532. The molecule has 1 aliphatic rings. The maximum Gasteiger partial charge on any atom is 0.333 e. The Kier molecular flexibility index (Phi) is 6.94. The maximum absolute atomic E-state index is 13.9. The van der Waals surface area contributed by atoms with Gasteiger partial charge in [-0.3, -0.25) is 0 Å². The lowest BCUT2D eigenvalue weighted by Crippen LogP contribution is -2.42. The summed E-state index contributed by atoms with van der Waals surface area (Å²) in [7, 11) is -4.56. The predicted molar refractivity (Wildman–Crippen MR) is 126 cm³/mol. The Hall–Kier alpha value is -2.05. The van der Waals surface area contributed by atoms with Crippen LogP contribution in [-0.4, -0.2) is 29.6 Å². The molecular weight excluding hydrogens is 466 g/mol. The van der Waals surface area contributed by atoms with Crippen molar-refractivity contribution >= 4 is 33.1 Å². The lowest BCUT2D eigenvalue weighted by molar-refractivity contribution is 0.0779. The monoisotopic (exact) mass is 497 g/mol. The molecule has 0 unspecified atom stereocenters. The van der Waals surface area contributed by atoms with Gasteiger partial charge in [-0.15, -0.1) is 11.3 Å². The van der Waals surface area contributed by atoms with Gasteiger partial charge in [0.25, 0.3) is 10.0 Å². The van der Waals surface area contributed by atoms with Crippen molar-refractivity contribution < 1.29 is 28.2 Å². The fourth-order valence-electron chi connectivity index (χ4n) is 4.00. The van der Waals surface area contributed by atoms with Gasteiger partial charge in [-0.25, -0.2) is 9.78 Å². The molecule has 0 spiro atoms. The minimum Gasteiger partial charge on any atom is -0.390 e. The van der Waals surface area contributed by atoms with Gasteiger partial charge in [-0.1, -0.05) is 33.8 Å². The van der Waals surface area contributed by atoms with E-state index in [4.69, 9.17) is 10.5 Å². The van der Waals surface area contributed by atoms with Crippen LogP contribution in [0.2, 0.25) is 0 Å². The zero-order chi connectivity index (χ0) is 24.9. The first-order chi connectivity index (χ1) is 15.2. The number of aliphatic hydroxyl groups is 2. The molecule has 0 bridgehead atoms. The number of rotatable bonds is 7. The van der Waals surface area contributed by atoms with Crippen LogP contribution in [0.4, 0.5) is 10.5 Å². The van der Waals surface area contributed by atoms with Gasteiger partial charge in [0.2, 0.25) is 0 Å². The van der Waals surface area contributed by atoms with E-state index < -0.39 is 28.3 Å². The van der Waals surface area contributed by atoms with Crippen LogP contribution in [0.15, 0.2) is 10.3 Å². The Balaban J connectivity index is 2.38. The molecule has 0 aliphatic carbocycles. The number of aromatic nitrogens is 1. The van der Waals surface area contributed by atoms with Crippen molar-refractivity contribution in [2.24, 2.45) is 5.73 Å². The molecule has 4 N–H and O–H groups in total. The predicted octanol–water partition coefficient (Wildman–Crippen LogP) is 3.41. The van der Waals surface area contributed by atoms with Crippen molar-refractivity contribution in [3.8, 4) is 0 Å². The van der Waals surface area contributed by atoms with E-state index in [1.54, 1.807) is 0 Å². The number of sulfonamides is 1. The van der Waals surface area contributed by atoms with Crippen LogP contribution in [0.25, 0.3) is 0 Å². The Morgan fingerprint density at radius 3 is 2.39 bits per heavy atom. The van der Waals surface area contributed by atoms with Crippen molar-refractivity contribution in [2.75, 3.05) is 4.31 Å². The third-order valence-electron chi connectivity index (χ3n) is 5.49. The molecular formula is C22H31N3O6S2. The highest BCUT2D eigenvalue weighted by Crippen LogP contribution is 2.44. The zero-order valence-electron chi connectivity index (χ0n) is 19.7. The highest BCUT2D eigenvalue weighted by atomic mass is 32.2. The Morgan fingerprint density at radius 1 is 1.27 bits per heavy atom. The van der Waals surface area contributed by atoms with Crippen LogP contribution in [0.5, 0.6) is 0 Å². The standard InChI is InChI=1S/C22H31N3O6S2/c1-11(2)14-7-13-9-31-10-15(13)17(12(3)4)18(14)25(21(23)27)33(29,30)19-16(8-26)24-20(32-19)22(5,6)28/h7,11-12,26,28H,8-10H2,1-6H3,(H2,23,27). The Morgan fingerprint density at radius 2 is 1.91 bits per heavy atom. The summed E-state index contributed by atoms with van der Waals surface area (Å²) in [4.78, 5) is 16.9. The number of amides is 2. The summed E-state index contributed by atoms with van der Waals surface area (Å²) in [5, 5.41) is 20.3. The number of hydrogen-bond acceptors (Lipinski definition) is 8. The number of anilines is 1. The van der Waals surface area contributed by atoms with Gasteiger partial charge < -0.3 is 20.7 Å². The number of aliphatic hydroxyl groups excluding tert-OH is 1. The normalized spacial score (nSPS) is 14.2. The van der Waals surface area contributed by atoms with Crippen LogP contribution in [-0.2, 0) is 40.2 Å². The fourth-order valence-corrected chi connectivity index (χ4v) is 6.94. The molecule has 2 heterocycles. The first-order valence-electron chi connectivity index (χ1n) is 10.7. The maximum atomic E-state index is 13.9. The number of ether oxygens (including phenoxy) is 1. The van der Waals surface area contributed by atoms with Crippen LogP contribution in [0, 0.1) is 0 Å². The van der Waals surface area contributed by atoms with Crippen LogP contribution >= 0.6 is 11.3 Å². The SMILES string of the molecule is CC(C)c1cc2c(c(C(C)C)c1N(C(N)=O)S(=O)(=O)c1sc(C(C)(C)O)nc1CO)COC2. The number of primary amides is 1. The largest absolute Gasteiger partial charge is 0.390 e. The number of fused-ring (bicyclic) bond motifs is 1. The van der Waals surface area contributed by atoms with Gasteiger partial charge in [0, 0.05) is 0 Å². The molecule has 0 fully saturated rings. The first kappa shape index (κ1) is 25.6. The van der Waals surface area contributed by atoms with Crippen molar-refractivity contribution in [3.05, 3.63) is 39.0 Å². The minimum absolute atomic E-state index is 0.102. The molecule has 9 nitrogen and oxygen atoms in total. The van der Waals surface area contributed by atoms with Crippen molar-refractivity contribution in [1.29, 1.82) is 0 Å². The van der Waals surface area contributed by atoms with E-state index >= 15 is 0 Å². The van der Waals surface area contributed by atoms with E-state index in [2.05, 4.69) is 4.98 Å². The molecule has 1 aromatic heterocycles. The highest BCUT2D eigenvalue weighted by Gasteiger charge is 2.40. The third kappa shape index (κ3) is 4.52. The van der Waals surface area contributed by atoms with Gasteiger partial charge in [0.05, 0.1) is 31.2 Å². The second kappa shape index (κ2) is 8.95. The average molecular weight is 498 g/mol. The van der Waals surface area contributed by atoms with Crippen molar-refractivity contribution in [2.45, 2.75) is 83.0 Å². The fraction of sp³-hybridized carbons (Fsp3) is 0.545. The molecule has 182 valence electrons. The zero-order valence-corrected chi connectivity index (χ0v) is 21.3. The van der Waals surface area contributed by atoms with E-state index in [9.17, 15) is 23.4 Å². The van der Waals surface area contributed by atoms with E-state index in [1.807, 2.05) is 33.8 Å². The topological polar surface area (TPSA) is 143 Å². The van der Waals surface area contributed by atoms with Crippen molar-refractivity contribution in [1.82, 2.24) is 4.98 Å². The summed E-state index contributed by atoms with van der Waals surface area (Å²) in [6.45, 7) is 10.6. The Labute approximate surface area is 198 Å². The van der Waals surface area contributed by atoms with Crippen LogP contribution in [0.3, 0.4) is 0 Å². The van der Waals surface area contributed by atoms with Gasteiger partial charge in [0.15, 0.2) is 4.21 Å². The minimum atomic E-state index is -4.56. The lowest BCUT2D eigenvalue weighted by atomic mass is 9.86. The lowest BCUT2D eigenvalue weighted by Gasteiger charge is -2.29. The molecule has 0 radical (unpaired) electrons. The van der Waals surface area contributed by atoms with E-state index in [1.165, 1.54) is 13.8 Å². The molecule has 0 saturated carbocycles. The number of benzene rings is 1. The van der Waals surface area contributed by atoms with E-state index in [0.717, 1.165) is 11.1 Å². The number of carbonyl (C=O) groups excluding carboxylic acids is 1. The molecule has 1 aromatic carbocycles. The summed E-state index contributed by atoms with van der Waals surface area (Å²) in [6.07, 6.45) is 0. The van der Waals surface area contributed by atoms with Gasteiger partial charge in [0.1, 0.15) is 10.6 Å². The van der Waals surface area contributed by atoms with Gasteiger partial charge >= 0.3 is 6.03 Å². The summed E-state index contributed by atoms with van der Waals surface area (Å²) in [5.41, 5.74) is 7.51. The van der Waals surface area contributed by atoms with Crippen LogP contribution in [0.1, 0.15) is 86.3 Å². The van der Waals surface area contributed by atoms with E-state index in [0.29, 0.717) is 40.0 Å². The number of urea groups is 1. The highest BCUT2D eigenvalue weighted by molar-refractivity contribution is 7.95. The first-order valence-corrected chi connectivity index (χ1v) is 12.9. The number of nitrogens with two attached hydrogens (primary N) is 1. The molecule has 0 saturated heterocycles. The Bertz CT molecular complexity index is 1180. The number of nitrogens with zero attached hydrogens (tertiary/aromatic N) is 2. The molecule has 2 aromatic rings. The summed E-state index contributed by atoms with van der Waals surface area (Å²) in [5.74, 6) is -0.247. The van der Waals surface area contributed by atoms with Crippen molar-refractivity contribution in [3.63, 3.8) is 0 Å². The smallest absolute Gasteiger partial charge is 0.333 e. The number of carbonyl (C=O) groups is 1. The van der Waals surface area contributed by atoms with Gasteiger partial charge in [-0.2, -0.15) is 12.7 Å². The molecule has 1 aliphatic heterocycles. The third-order valence-corrected chi connectivity index (χ3v) is 9.12. The molecule has 3 rings (SSSR count). The second-order valence-electron chi connectivity index (χ2n) is 9.25. The summed E-state index contributed by atoms with van der Waals surface area (Å²) >= 11 is 0.709.